The molecular formula is C23H16N4O2S. The molecule has 5 aromatic rings. The summed E-state index contributed by atoms with van der Waals surface area (Å²) in [4.78, 5) is 29.3. The van der Waals surface area contributed by atoms with Crippen molar-refractivity contribution >= 4 is 22.2 Å². The average molecular weight is 412 g/mol. The fourth-order valence-corrected chi connectivity index (χ4v) is 4.08. The molecule has 0 radical (unpaired) electrons. The van der Waals surface area contributed by atoms with Gasteiger partial charge in [-0.25, -0.2) is 9.97 Å². The lowest BCUT2D eigenvalue weighted by Crippen LogP contribution is -2.12. The molecule has 4 heterocycles. The number of benzene rings is 1. The van der Waals surface area contributed by atoms with Crippen LogP contribution >= 0.6 is 11.3 Å². The monoisotopic (exact) mass is 412 g/mol. The number of hydrogen-bond acceptors (Lipinski definition) is 6. The highest BCUT2D eigenvalue weighted by atomic mass is 32.1. The Morgan fingerprint density at radius 1 is 1.00 bits per heavy atom. The van der Waals surface area contributed by atoms with E-state index in [-0.39, 0.29) is 12.2 Å². The normalized spacial score (nSPS) is 10.9. The van der Waals surface area contributed by atoms with Gasteiger partial charge in [0.1, 0.15) is 18.7 Å². The fourth-order valence-electron chi connectivity index (χ4n) is 3.32. The van der Waals surface area contributed by atoms with E-state index >= 15 is 0 Å². The summed E-state index contributed by atoms with van der Waals surface area (Å²) in [6.07, 6.45) is 6.74. The summed E-state index contributed by atoms with van der Waals surface area (Å²) in [7, 11) is 0. The lowest BCUT2D eigenvalue weighted by Gasteiger charge is -2.14. The van der Waals surface area contributed by atoms with Gasteiger partial charge >= 0.3 is 0 Å². The van der Waals surface area contributed by atoms with Crippen LogP contribution in [0.2, 0.25) is 0 Å². The molecule has 0 amide bonds. The molecule has 30 heavy (non-hydrogen) atoms. The highest BCUT2D eigenvalue weighted by Crippen LogP contribution is 2.37. The van der Waals surface area contributed by atoms with Gasteiger partial charge in [-0.2, -0.15) is 0 Å². The van der Waals surface area contributed by atoms with Crippen molar-refractivity contribution in [2.45, 2.75) is 6.61 Å². The lowest BCUT2D eigenvalue weighted by molar-refractivity contribution is 0.306. The van der Waals surface area contributed by atoms with E-state index in [4.69, 9.17) is 4.74 Å². The predicted octanol–water partition coefficient (Wildman–Crippen LogP) is 4.69. The minimum atomic E-state index is -0.184. The number of aromatic nitrogens is 4. The van der Waals surface area contributed by atoms with Crippen LogP contribution in [0.5, 0.6) is 5.75 Å². The van der Waals surface area contributed by atoms with E-state index in [1.54, 1.807) is 18.6 Å². The Bertz CT molecular complexity index is 1350. The minimum absolute atomic E-state index is 0.184. The number of aromatic amines is 1. The van der Waals surface area contributed by atoms with Gasteiger partial charge < -0.3 is 9.72 Å². The molecule has 6 nitrogen and oxygen atoms in total. The van der Waals surface area contributed by atoms with Crippen LogP contribution in [-0.4, -0.2) is 19.9 Å². The van der Waals surface area contributed by atoms with Crippen molar-refractivity contribution in [3.05, 3.63) is 94.9 Å². The van der Waals surface area contributed by atoms with Crippen molar-refractivity contribution < 1.29 is 4.74 Å². The Balaban J connectivity index is 1.70. The molecule has 0 aliphatic heterocycles. The van der Waals surface area contributed by atoms with Crippen LogP contribution in [0.4, 0.5) is 0 Å². The molecule has 4 aromatic heterocycles. The summed E-state index contributed by atoms with van der Waals surface area (Å²) in [5, 5.41) is 2.76. The van der Waals surface area contributed by atoms with Crippen molar-refractivity contribution in [2.75, 3.05) is 0 Å². The fraction of sp³-hybridized carbons (Fsp3) is 0.0435. The van der Waals surface area contributed by atoms with Crippen molar-refractivity contribution in [1.29, 1.82) is 0 Å². The maximum absolute atomic E-state index is 13.0. The van der Waals surface area contributed by atoms with E-state index in [2.05, 4.69) is 19.9 Å². The van der Waals surface area contributed by atoms with Crippen molar-refractivity contribution in [2.24, 2.45) is 0 Å². The van der Waals surface area contributed by atoms with Gasteiger partial charge in [0.2, 0.25) is 0 Å². The number of hydrogen-bond donors (Lipinski definition) is 1. The molecule has 0 bridgehead atoms. The zero-order chi connectivity index (χ0) is 20.3. The van der Waals surface area contributed by atoms with Gasteiger partial charge in [0.05, 0.1) is 16.8 Å². The molecule has 0 unspecified atom stereocenters. The van der Waals surface area contributed by atoms with Crippen molar-refractivity contribution in [3.8, 4) is 27.3 Å². The Morgan fingerprint density at radius 3 is 2.67 bits per heavy atom. The van der Waals surface area contributed by atoms with E-state index in [1.165, 1.54) is 17.7 Å². The van der Waals surface area contributed by atoms with E-state index in [0.29, 0.717) is 16.8 Å². The molecule has 0 saturated carbocycles. The maximum atomic E-state index is 13.0. The SMILES string of the molecule is O=c1[nH]c2ccc(-c3cncnc3)cc2c(OCc2ccccn2)c1-c1cccs1. The van der Waals surface area contributed by atoms with Crippen LogP contribution in [-0.2, 0) is 6.61 Å². The number of pyridine rings is 2. The van der Waals surface area contributed by atoms with E-state index in [1.807, 2.05) is 53.9 Å². The van der Waals surface area contributed by atoms with Gasteiger partial charge in [0.15, 0.2) is 0 Å². The molecule has 7 heteroatoms. The molecule has 0 aliphatic carbocycles. The summed E-state index contributed by atoms with van der Waals surface area (Å²) in [6, 6.07) is 15.3. The van der Waals surface area contributed by atoms with Crippen LogP contribution in [0.3, 0.4) is 0 Å². The van der Waals surface area contributed by atoms with E-state index < -0.39 is 0 Å². The molecule has 146 valence electrons. The first-order valence-corrected chi connectivity index (χ1v) is 10.2. The van der Waals surface area contributed by atoms with Crippen LogP contribution < -0.4 is 10.3 Å². The zero-order valence-electron chi connectivity index (χ0n) is 15.8. The Labute approximate surface area is 175 Å². The minimum Gasteiger partial charge on any atom is -0.486 e. The molecule has 0 saturated heterocycles. The summed E-state index contributed by atoms with van der Waals surface area (Å²) < 4.78 is 6.22. The summed E-state index contributed by atoms with van der Waals surface area (Å²) in [5.41, 5.74) is 3.66. The highest BCUT2D eigenvalue weighted by Gasteiger charge is 2.18. The summed E-state index contributed by atoms with van der Waals surface area (Å²) >= 11 is 1.50. The van der Waals surface area contributed by atoms with Crippen molar-refractivity contribution in [1.82, 2.24) is 19.9 Å². The second-order valence-electron chi connectivity index (χ2n) is 6.63. The number of rotatable bonds is 5. The second kappa shape index (κ2) is 7.88. The van der Waals surface area contributed by atoms with Gasteiger partial charge in [-0.3, -0.25) is 9.78 Å². The number of fused-ring (bicyclic) bond motifs is 1. The second-order valence-corrected chi connectivity index (χ2v) is 7.58. The first kappa shape index (κ1) is 18.2. The molecule has 0 spiro atoms. The number of thiophene rings is 1. The third-order valence-corrected chi connectivity index (χ3v) is 5.61. The Morgan fingerprint density at radius 2 is 1.90 bits per heavy atom. The molecular weight excluding hydrogens is 396 g/mol. The molecule has 1 aromatic carbocycles. The number of nitrogens with zero attached hydrogens (tertiary/aromatic N) is 3. The van der Waals surface area contributed by atoms with Gasteiger partial charge in [-0.05, 0) is 41.3 Å². The molecule has 0 aliphatic rings. The Kier molecular flexibility index (Phi) is 4.78. The summed E-state index contributed by atoms with van der Waals surface area (Å²) in [5.74, 6) is 0.542. The van der Waals surface area contributed by atoms with Gasteiger partial charge in [-0.15, -0.1) is 11.3 Å². The standard InChI is InChI=1S/C23H16N4O2S/c28-23-21(20-5-3-9-30-20)22(29-13-17-4-1-2-8-26-17)18-10-15(6-7-19(18)27-23)16-11-24-14-25-12-16/h1-12,14H,13H2,(H,27,28). The largest absolute Gasteiger partial charge is 0.486 e. The maximum Gasteiger partial charge on any atom is 0.260 e. The smallest absolute Gasteiger partial charge is 0.260 e. The van der Waals surface area contributed by atoms with E-state index in [9.17, 15) is 4.79 Å². The summed E-state index contributed by atoms with van der Waals surface area (Å²) in [6.45, 7) is 0.260. The molecule has 5 rings (SSSR count). The van der Waals surface area contributed by atoms with Gasteiger partial charge in [-0.1, -0.05) is 18.2 Å². The quantitative estimate of drug-likeness (QED) is 0.453. The van der Waals surface area contributed by atoms with Crippen LogP contribution in [0, 0.1) is 0 Å². The molecule has 0 atom stereocenters. The van der Waals surface area contributed by atoms with Gasteiger partial charge in [0, 0.05) is 34.4 Å². The third-order valence-electron chi connectivity index (χ3n) is 4.72. The van der Waals surface area contributed by atoms with Crippen molar-refractivity contribution in [3.63, 3.8) is 0 Å². The average Bonchev–Trinajstić information content (AvgIpc) is 3.32. The topological polar surface area (TPSA) is 80.8 Å². The van der Waals surface area contributed by atoms with Gasteiger partial charge in [0.25, 0.3) is 5.56 Å². The number of ether oxygens (including phenoxy) is 1. The van der Waals surface area contributed by atoms with Crippen LogP contribution in [0.25, 0.3) is 32.5 Å². The first-order valence-electron chi connectivity index (χ1n) is 9.31. The van der Waals surface area contributed by atoms with Crippen LogP contribution in [0.15, 0.2) is 83.6 Å². The molecule has 0 fully saturated rings. The lowest BCUT2D eigenvalue weighted by atomic mass is 10.0. The van der Waals surface area contributed by atoms with Crippen LogP contribution in [0.1, 0.15) is 5.69 Å². The van der Waals surface area contributed by atoms with E-state index in [0.717, 1.165) is 27.1 Å². The Hall–Kier alpha value is -3.84. The predicted molar refractivity (Wildman–Crippen MR) is 117 cm³/mol. The number of H-pyrrole nitrogens is 1. The number of nitrogens with one attached hydrogen (secondary N) is 1. The molecule has 1 N–H and O–H groups in total. The zero-order valence-corrected chi connectivity index (χ0v) is 16.6. The first-order chi connectivity index (χ1) is 14.8. The third kappa shape index (κ3) is 3.46. The highest BCUT2D eigenvalue weighted by molar-refractivity contribution is 7.13.